The van der Waals surface area contributed by atoms with Crippen LogP contribution < -0.4 is 9.32 Å². The maximum absolute atomic E-state index is 12.2. The van der Waals surface area contributed by atoms with Crippen molar-refractivity contribution in [2.75, 3.05) is 0 Å². The van der Waals surface area contributed by atoms with Gasteiger partial charge in [0.05, 0.1) is 6.20 Å². The summed E-state index contributed by atoms with van der Waals surface area (Å²) >= 11 is 0. The van der Waals surface area contributed by atoms with Gasteiger partial charge in [0, 0.05) is 6.07 Å². The standard InChI is InChI=1S/C5H5FN2O3S/c6-4-1-2-5(8-3-4)11-12(7,9)10/h1-3H,(H2,7,9,10). The minimum atomic E-state index is -4.07. The molecule has 1 rings (SSSR count). The summed E-state index contributed by atoms with van der Waals surface area (Å²) in [5, 5.41) is 4.52. The van der Waals surface area contributed by atoms with Gasteiger partial charge in [-0.15, -0.1) is 0 Å². The van der Waals surface area contributed by atoms with Gasteiger partial charge in [-0.3, -0.25) is 0 Å². The first-order valence-electron chi connectivity index (χ1n) is 2.81. The van der Waals surface area contributed by atoms with E-state index in [1.165, 1.54) is 0 Å². The molecule has 0 aliphatic rings. The molecule has 0 fully saturated rings. The zero-order chi connectivity index (χ0) is 9.19. The summed E-state index contributed by atoms with van der Waals surface area (Å²) in [6.07, 6.45) is 0.820. The Bertz CT molecular complexity index is 361. The van der Waals surface area contributed by atoms with Crippen LogP contribution in [-0.2, 0) is 10.3 Å². The highest BCUT2D eigenvalue weighted by molar-refractivity contribution is 7.84. The van der Waals surface area contributed by atoms with E-state index in [1.54, 1.807) is 0 Å². The molecule has 7 heteroatoms. The molecule has 0 saturated heterocycles. The number of hydrogen-bond donors (Lipinski definition) is 1. The lowest BCUT2D eigenvalue weighted by atomic mass is 10.5. The summed E-state index contributed by atoms with van der Waals surface area (Å²) in [6, 6.07) is 2.06. The lowest BCUT2D eigenvalue weighted by Gasteiger charge is -1.98. The Kier molecular flexibility index (Phi) is 2.25. The van der Waals surface area contributed by atoms with E-state index >= 15 is 0 Å². The first-order chi connectivity index (χ1) is 5.47. The van der Waals surface area contributed by atoms with Gasteiger partial charge in [0.15, 0.2) is 0 Å². The predicted octanol–water partition coefficient (Wildman–Crippen LogP) is -0.197. The van der Waals surface area contributed by atoms with Crippen LogP contribution in [-0.4, -0.2) is 13.4 Å². The van der Waals surface area contributed by atoms with Gasteiger partial charge in [-0.25, -0.2) is 9.37 Å². The molecule has 0 atom stereocenters. The van der Waals surface area contributed by atoms with Crippen LogP contribution in [0.3, 0.4) is 0 Å². The number of halogens is 1. The molecule has 1 heterocycles. The predicted molar refractivity (Wildman–Crippen MR) is 37.9 cm³/mol. The highest BCUT2D eigenvalue weighted by atomic mass is 32.2. The average molecular weight is 192 g/mol. The first kappa shape index (κ1) is 8.88. The number of nitrogens with two attached hydrogens (primary N) is 1. The SMILES string of the molecule is NS(=O)(=O)Oc1ccc(F)cn1. The molecule has 5 nitrogen and oxygen atoms in total. The van der Waals surface area contributed by atoms with Gasteiger partial charge in [-0.05, 0) is 6.07 Å². The fourth-order valence-electron chi connectivity index (χ4n) is 0.531. The first-order valence-corrected chi connectivity index (χ1v) is 4.28. The molecule has 0 unspecified atom stereocenters. The lowest BCUT2D eigenvalue weighted by Crippen LogP contribution is -2.19. The molecule has 12 heavy (non-hydrogen) atoms. The van der Waals surface area contributed by atoms with E-state index in [1.807, 2.05) is 0 Å². The van der Waals surface area contributed by atoms with Crippen molar-refractivity contribution in [3.63, 3.8) is 0 Å². The zero-order valence-corrected chi connectivity index (χ0v) is 6.58. The largest absolute Gasteiger partial charge is 0.381 e. The van der Waals surface area contributed by atoms with E-state index in [0.29, 0.717) is 0 Å². The van der Waals surface area contributed by atoms with Gasteiger partial charge in [0.25, 0.3) is 0 Å². The lowest BCUT2D eigenvalue weighted by molar-refractivity contribution is 0.475. The van der Waals surface area contributed by atoms with E-state index in [0.717, 1.165) is 18.3 Å². The van der Waals surface area contributed by atoms with Gasteiger partial charge < -0.3 is 4.18 Å². The monoisotopic (exact) mass is 192 g/mol. The maximum Gasteiger partial charge on any atom is 0.381 e. The van der Waals surface area contributed by atoms with Gasteiger partial charge in [0.1, 0.15) is 5.82 Å². The van der Waals surface area contributed by atoms with Crippen molar-refractivity contribution in [1.82, 2.24) is 4.98 Å². The molecular formula is C5H5FN2O3S. The molecule has 0 saturated carbocycles. The number of pyridine rings is 1. The van der Waals surface area contributed by atoms with E-state index in [2.05, 4.69) is 14.3 Å². The Morgan fingerprint density at radius 2 is 2.17 bits per heavy atom. The summed E-state index contributed by atoms with van der Waals surface area (Å²) in [5.74, 6) is -0.851. The van der Waals surface area contributed by atoms with Crippen LogP contribution in [0.4, 0.5) is 4.39 Å². The molecule has 0 bridgehead atoms. The molecule has 0 radical (unpaired) electrons. The molecule has 66 valence electrons. The molecule has 1 aromatic rings. The fourth-order valence-corrected chi connectivity index (χ4v) is 0.867. The van der Waals surface area contributed by atoms with E-state index < -0.39 is 16.1 Å². The molecular weight excluding hydrogens is 187 g/mol. The number of nitrogens with zero attached hydrogens (tertiary/aromatic N) is 1. The smallest absolute Gasteiger partial charge is 0.350 e. The third kappa shape index (κ3) is 2.81. The number of aromatic nitrogens is 1. The van der Waals surface area contributed by atoms with Crippen LogP contribution in [0.2, 0.25) is 0 Å². The van der Waals surface area contributed by atoms with Crippen molar-refractivity contribution in [3.8, 4) is 5.88 Å². The van der Waals surface area contributed by atoms with Crippen LogP contribution in [0.5, 0.6) is 5.88 Å². The van der Waals surface area contributed by atoms with Gasteiger partial charge in [-0.2, -0.15) is 13.6 Å². The average Bonchev–Trinajstić information content (AvgIpc) is 1.91. The molecule has 0 spiro atoms. The fraction of sp³-hybridized carbons (Fsp3) is 0. The van der Waals surface area contributed by atoms with Gasteiger partial charge in [-0.1, -0.05) is 0 Å². The van der Waals surface area contributed by atoms with Gasteiger partial charge >= 0.3 is 10.3 Å². The summed E-state index contributed by atoms with van der Waals surface area (Å²) < 4.78 is 37.0. The van der Waals surface area contributed by atoms with E-state index in [9.17, 15) is 12.8 Å². The van der Waals surface area contributed by atoms with E-state index in [-0.39, 0.29) is 5.88 Å². The summed E-state index contributed by atoms with van der Waals surface area (Å²) in [4.78, 5) is 3.31. The number of rotatable bonds is 2. The molecule has 0 aromatic carbocycles. The Labute approximate surface area is 68.2 Å². The molecule has 2 N–H and O–H groups in total. The molecule has 0 amide bonds. The Morgan fingerprint density at radius 3 is 2.58 bits per heavy atom. The second-order valence-electron chi connectivity index (χ2n) is 1.89. The highest BCUT2D eigenvalue weighted by Crippen LogP contribution is 2.06. The Morgan fingerprint density at radius 1 is 1.50 bits per heavy atom. The summed E-state index contributed by atoms with van der Waals surface area (Å²) in [7, 11) is -4.07. The molecule has 0 aliphatic heterocycles. The van der Waals surface area contributed by atoms with Crippen LogP contribution in [0.1, 0.15) is 0 Å². The quantitative estimate of drug-likeness (QED) is 0.703. The van der Waals surface area contributed by atoms with Crippen molar-refractivity contribution in [1.29, 1.82) is 0 Å². The zero-order valence-electron chi connectivity index (χ0n) is 5.77. The normalized spacial score (nSPS) is 11.2. The maximum atomic E-state index is 12.2. The minimum Gasteiger partial charge on any atom is -0.350 e. The van der Waals surface area contributed by atoms with Crippen molar-refractivity contribution < 1.29 is 17.0 Å². The van der Waals surface area contributed by atoms with Crippen LogP contribution >= 0.6 is 0 Å². The Balaban J connectivity index is 2.85. The van der Waals surface area contributed by atoms with Crippen molar-refractivity contribution in [2.45, 2.75) is 0 Å². The molecule has 0 aliphatic carbocycles. The highest BCUT2D eigenvalue weighted by Gasteiger charge is 2.05. The minimum absolute atomic E-state index is 0.265. The topological polar surface area (TPSA) is 82.3 Å². The van der Waals surface area contributed by atoms with Crippen LogP contribution in [0.25, 0.3) is 0 Å². The Hall–Kier alpha value is -1.21. The van der Waals surface area contributed by atoms with E-state index in [4.69, 9.17) is 0 Å². The summed E-state index contributed by atoms with van der Waals surface area (Å²) in [6.45, 7) is 0. The number of hydrogen-bond acceptors (Lipinski definition) is 4. The van der Waals surface area contributed by atoms with Crippen molar-refractivity contribution in [2.24, 2.45) is 5.14 Å². The second-order valence-corrected chi connectivity index (χ2v) is 3.04. The van der Waals surface area contributed by atoms with Crippen molar-refractivity contribution in [3.05, 3.63) is 24.1 Å². The van der Waals surface area contributed by atoms with Crippen LogP contribution in [0.15, 0.2) is 18.3 Å². The van der Waals surface area contributed by atoms with Gasteiger partial charge in [0.2, 0.25) is 5.88 Å². The van der Waals surface area contributed by atoms with Crippen molar-refractivity contribution >= 4 is 10.3 Å². The third-order valence-corrected chi connectivity index (χ3v) is 1.30. The van der Waals surface area contributed by atoms with Crippen LogP contribution in [0, 0.1) is 5.82 Å². The third-order valence-electron chi connectivity index (χ3n) is 0.902. The summed E-state index contributed by atoms with van der Waals surface area (Å²) in [5.41, 5.74) is 0. The molecule has 1 aromatic heterocycles. The second kappa shape index (κ2) is 3.03.